The molecule has 0 bridgehead atoms. The Morgan fingerprint density at radius 1 is 1.50 bits per heavy atom. The Kier molecular flexibility index (Phi) is 3.07. The fraction of sp³-hybridized carbons (Fsp3) is 0.692. The first-order valence-electron chi connectivity index (χ1n) is 6.63. The maximum Gasteiger partial charge on any atom is 0.273 e. The van der Waals surface area contributed by atoms with Crippen molar-refractivity contribution in [3.05, 3.63) is 17.5 Å². The van der Waals surface area contributed by atoms with Crippen LogP contribution in [0.5, 0.6) is 0 Å². The summed E-state index contributed by atoms with van der Waals surface area (Å²) in [6, 6.07) is 1.77. The zero-order chi connectivity index (χ0) is 12.5. The van der Waals surface area contributed by atoms with Crippen LogP contribution in [0.1, 0.15) is 54.8 Å². The van der Waals surface area contributed by atoms with Gasteiger partial charge in [-0.2, -0.15) is 0 Å². The second-order valence-corrected chi connectivity index (χ2v) is 5.20. The largest absolute Gasteiger partial charge is 0.376 e. The van der Waals surface area contributed by atoms with Crippen molar-refractivity contribution >= 4 is 5.91 Å². The summed E-state index contributed by atoms with van der Waals surface area (Å²) >= 11 is 0. The SMILES string of the molecule is C[C@@H](NC(=O)c1cc(C2CC2)on1)[C@@H]1CCCO1. The quantitative estimate of drug-likeness (QED) is 0.885. The molecule has 18 heavy (non-hydrogen) atoms. The van der Waals surface area contributed by atoms with Gasteiger partial charge in [-0.15, -0.1) is 0 Å². The molecule has 0 aromatic carbocycles. The Labute approximate surface area is 106 Å². The number of rotatable bonds is 4. The van der Waals surface area contributed by atoms with Crippen molar-refractivity contribution in [2.45, 2.75) is 50.7 Å². The number of nitrogens with one attached hydrogen (secondary N) is 1. The highest BCUT2D eigenvalue weighted by Crippen LogP contribution is 2.40. The van der Waals surface area contributed by atoms with Gasteiger partial charge in [0, 0.05) is 18.6 Å². The number of hydrogen-bond acceptors (Lipinski definition) is 4. The standard InChI is InChI=1S/C13H18N2O3/c1-8(11-3-2-6-17-11)14-13(16)10-7-12(18-15-10)9-4-5-9/h7-9,11H,2-6H2,1H3,(H,14,16)/t8-,11+/m1/s1. The Morgan fingerprint density at radius 2 is 2.33 bits per heavy atom. The summed E-state index contributed by atoms with van der Waals surface area (Å²) in [7, 11) is 0. The minimum absolute atomic E-state index is 0.0149. The highest BCUT2D eigenvalue weighted by Gasteiger charge is 2.30. The molecule has 1 saturated carbocycles. The summed E-state index contributed by atoms with van der Waals surface area (Å²) in [5.41, 5.74) is 0.377. The molecule has 0 radical (unpaired) electrons. The van der Waals surface area contributed by atoms with Crippen molar-refractivity contribution in [1.29, 1.82) is 0 Å². The topological polar surface area (TPSA) is 64.4 Å². The van der Waals surface area contributed by atoms with E-state index in [0.29, 0.717) is 11.6 Å². The van der Waals surface area contributed by atoms with Gasteiger partial charge in [-0.3, -0.25) is 4.79 Å². The van der Waals surface area contributed by atoms with E-state index in [4.69, 9.17) is 9.26 Å². The minimum Gasteiger partial charge on any atom is -0.376 e. The summed E-state index contributed by atoms with van der Waals surface area (Å²) in [5, 5.41) is 6.75. The Balaban J connectivity index is 1.59. The molecule has 1 aromatic rings. The number of ether oxygens (including phenoxy) is 1. The van der Waals surface area contributed by atoms with Crippen LogP contribution < -0.4 is 5.32 Å². The van der Waals surface area contributed by atoms with Crippen molar-refractivity contribution < 1.29 is 14.1 Å². The second-order valence-electron chi connectivity index (χ2n) is 5.20. The van der Waals surface area contributed by atoms with Gasteiger partial charge in [-0.1, -0.05) is 5.16 Å². The Morgan fingerprint density at radius 3 is 3.00 bits per heavy atom. The Hall–Kier alpha value is -1.36. The van der Waals surface area contributed by atoms with Gasteiger partial charge in [0.05, 0.1) is 12.1 Å². The molecule has 2 heterocycles. The van der Waals surface area contributed by atoms with Gasteiger partial charge in [-0.05, 0) is 32.6 Å². The number of carbonyl (C=O) groups is 1. The molecule has 1 aliphatic carbocycles. The van der Waals surface area contributed by atoms with Crippen LogP contribution in [0.25, 0.3) is 0 Å². The van der Waals surface area contributed by atoms with Crippen LogP contribution in [0.2, 0.25) is 0 Å². The van der Waals surface area contributed by atoms with Crippen LogP contribution in [-0.4, -0.2) is 29.8 Å². The van der Waals surface area contributed by atoms with Crippen molar-refractivity contribution in [1.82, 2.24) is 10.5 Å². The summed E-state index contributed by atoms with van der Waals surface area (Å²) in [4.78, 5) is 12.0. The number of hydrogen-bond donors (Lipinski definition) is 1. The molecule has 1 aliphatic heterocycles. The molecule has 1 N–H and O–H groups in total. The van der Waals surface area contributed by atoms with E-state index < -0.39 is 0 Å². The van der Waals surface area contributed by atoms with Crippen LogP contribution in [0.15, 0.2) is 10.6 Å². The maximum absolute atomic E-state index is 12.0. The molecular formula is C13H18N2O3. The molecule has 1 amide bonds. The van der Waals surface area contributed by atoms with E-state index in [2.05, 4.69) is 10.5 Å². The van der Waals surface area contributed by atoms with Crippen molar-refractivity contribution in [3.63, 3.8) is 0 Å². The lowest BCUT2D eigenvalue weighted by Gasteiger charge is -2.19. The average Bonchev–Trinajstić information content (AvgIpc) is 2.91. The lowest BCUT2D eigenvalue weighted by molar-refractivity contribution is 0.0707. The van der Waals surface area contributed by atoms with E-state index in [0.717, 1.165) is 38.1 Å². The van der Waals surface area contributed by atoms with E-state index in [9.17, 15) is 4.79 Å². The fourth-order valence-electron chi connectivity index (χ4n) is 2.33. The highest BCUT2D eigenvalue weighted by molar-refractivity contribution is 5.92. The summed E-state index contributed by atoms with van der Waals surface area (Å²) < 4.78 is 10.7. The van der Waals surface area contributed by atoms with Crippen molar-refractivity contribution in [2.75, 3.05) is 6.61 Å². The van der Waals surface area contributed by atoms with E-state index in [1.807, 2.05) is 6.92 Å². The molecule has 0 unspecified atom stereocenters. The highest BCUT2D eigenvalue weighted by atomic mass is 16.5. The molecule has 0 spiro atoms. The Bertz CT molecular complexity index is 433. The predicted octanol–water partition coefficient (Wildman–Crippen LogP) is 1.85. The van der Waals surface area contributed by atoms with E-state index in [1.54, 1.807) is 6.07 Å². The van der Waals surface area contributed by atoms with E-state index in [-0.39, 0.29) is 18.1 Å². The molecule has 1 aromatic heterocycles. The molecule has 2 atom stereocenters. The first-order valence-corrected chi connectivity index (χ1v) is 6.63. The van der Waals surface area contributed by atoms with Gasteiger partial charge in [0.1, 0.15) is 5.76 Å². The number of carbonyl (C=O) groups excluding carboxylic acids is 1. The van der Waals surface area contributed by atoms with Crippen molar-refractivity contribution in [2.24, 2.45) is 0 Å². The first-order chi connectivity index (χ1) is 8.74. The normalized spacial score (nSPS) is 25.1. The van der Waals surface area contributed by atoms with Gasteiger partial charge in [0.15, 0.2) is 5.69 Å². The third-order valence-corrected chi connectivity index (χ3v) is 3.62. The third kappa shape index (κ3) is 2.41. The number of amides is 1. The van der Waals surface area contributed by atoms with E-state index in [1.165, 1.54) is 0 Å². The van der Waals surface area contributed by atoms with Crippen LogP contribution in [0, 0.1) is 0 Å². The third-order valence-electron chi connectivity index (χ3n) is 3.62. The second kappa shape index (κ2) is 4.72. The number of nitrogens with zero attached hydrogens (tertiary/aromatic N) is 1. The van der Waals surface area contributed by atoms with Crippen molar-refractivity contribution in [3.8, 4) is 0 Å². The van der Waals surface area contributed by atoms with Crippen LogP contribution in [0.4, 0.5) is 0 Å². The molecular weight excluding hydrogens is 232 g/mol. The molecule has 1 saturated heterocycles. The monoisotopic (exact) mass is 250 g/mol. The summed E-state index contributed by atoms with van der Waals surface area (Å²) in [5.74, 6) is 1.15. The zero-order valence-corrected chi connectivity index (χ0v) is 10.5. The van der Waals surface area contributed by atoms with E-state index >= 15 is 0 Å². The minimum atomic E-state index is -0.173. The first kappa shape index (κ1) is 11.7. The zero-order valence-electron chi connectivity index (χ0n) is 10.5. The van der Waals surface area contributed by atoms with Crippen LogP contribution in [-0.2, 0) is 4.74 Å². The van der Waals surface area contributed by atoms with Gasteiger partial charge in [0.2, 0.25) is 0 Å². The van der Waals surface area contributed by atoms with Crippen LogP contribution in [0.3, 0.4) is 0 Å². The molecule has 5 heteroatoms. The molecule has 2 fully saturated rings. The lowest BCUT2D eigenvalue weighted by Crippen LogP contribution is -2.40. The molecule has 5 nitrogen and oxygen atoms in total. The van der Waals surface area contributed by atoms with Gasteiger partial charge < -0.3 is 14.6 Å². The summed E-state index contributed by atoms with van der Waals surface area (Å²) in [6.45, 7) is 2.76. The van der Waals surface area contributed by atoms with Crippen LogP contribution >= 0.6 is 0 Å². The molecule has 98 valence electrons. The summed E-state index contributed by atoms with van der Waals surface area (Å²) in [6.07, 6.45) is 4.49. The lowest BCUT2D eigenvalue weighted by atomic mass is 10.1. The predicted molar refractivity (Wildman–Crippen MR) is 64.4 cm³/mol. The average molecular weight is 250 g/mol. The molecule has 3 rings (SSSR count). The number of aromatic nitrogens is 1. The smallest absolute Gasteiger partial charge is 0.273 e. The van der Waals surface area contributed by atoms with Gasteiger partial charge in [-0.25, -0.2) is 0 Å². The maximum atomic E-state index is 12.0. The van der Waals surface area contributed by atoms with Gasteiger partial charge in [0.25, 0.3) is 5.91 Å². The van der Waals surface area contributed by atoms with Gasteiger partial charge >= 0.3 is 0 Å². The fourth-order valence-corrected chi connectivity index (χ4v) is 2.33. The molecule has 2 aliphatic rings.